The summed E-state index contributed by atoms with van der Waals surface area (Å²) >= 11 is 1.18. The second-order valence-corrected chi connectivity index (χ2v) is 5.61. The van der Waals surface area contributed by atoms with Crippen LogP contribution in [0.25, 0.3) is 0 Å². The molecule has 0 unspecified atom stereocenters. The molecule has 0 aliphatic heterocycles. The lowest BCUT2D eigenvalue weighted by Crippen LogP contribution is -2.44. The molecule has 0 atom stereocenters. The highest BCUT2D eigenvalue weighted by atomic mass is 32.2. The number of nitrogens with one attached hydrogen (secondary N) is 1. The summed E-state index contributed by atoms with van der Waals surface area (Å²) in [6.45, 7) is 0. The van der Waals surface area contributed by atoms with E-state index in [1.165, 1.54) is 18.0 Å². The average Bonchev–Trinajstić information content (AvgIpc) is 2.46. The molecule has 0 aromatic heterocycles. The Balaban J connectivity index is 2.09. The van der Waals surface area contributed by atoms with Crippen LogP contribution in [0.5, 0.6) is 0 Å². The molecule has 19 heavy (non-hydrogen) atoms. The van der Waals surface area contributed by atoms with Gasteiger partial charge in [0.1, 0.15) is 11.2 Å². The zero-order chi connectivity index (χ0) is 13.7. The molecule has 0 amide bonds. The zero-order valence-corrected chi connectivity index (χ0v) is 11.3. The number of benzene rings is 1. The van der Waals surface area contributed by atoms with E-state index >= 15 is 0 Å². The third kappa shape index (κ3) is 3.33. The van der Waals surface area contributed by atoms with Crippen LogP contribution in [0, 0.1) is 10.1 Å². The number of nitrogens with zero attached hydrogens (tertiary/aromatic N) is 1. The summed E-state index contributed by atoms with van der Waals surface area (Å²) in [7, 11) is 0. The summed E-state index contributed by atoms with van der Waals surface area (Å²) in [5.41, 5.74) is -0.469. The van der Waals surface area contributed by atoms with Crippen LogP contribution >= 0.6 is 11.9 Å². The molecule has 0 bridgehead atoms. The quantitative estimate of drug-likeness (QED) is 0.388. The van der Waals surface area contributed by atoms with Gasteiger partial charge in [-0.25, -0.2) is 4.72 Å². The van der Waals surface area contributed by atoms with Crippen molar-refractivity contribution in [2.75, 3.05) is 0 Å². The Labute approximate surface area is 116 Å². The van der Waals surface area contributed by atoms with Crippen molar-refractivity contribution in [2.24, 2.45) is 0 Å². The summed E-state index contributed by atoms with van der Waals surface area (Å²) < 4.78 is 3.14. The monoisotopic (exact) mass is 280 g/mol. The van der Waals surface area contributed by atoms with Gasteiger partial charge in [0.05, 0.1) is 10.5 Å². The van der Waals surface area contributed by atoms with Gasteiger partial charge in [-0.1, -0.05) is 31.4 Å². The fraction of sp³-hybridized carbons (Fsp3) is 0.462. The Morgan fingerprint density at radius 1 is 1.26 bits per heavy atom. The van der Waals surface area contributed by atoms with Gasteiger partial charge in [0, 0.05) is 6.07 Å². The highest BCUT2D eigenvalue weighted by Gasteiger charge is 2.32. The first-order valence-corrected chi connectivity index (χ1v) is 7.12. The first kappa shape index (κ1) is 14.0. The molecule has 1 aliphatic rings. The molecule has 0 heterocycles. The van der Waals surface area contributed by atoms with E-state index in [2.05, 4.69) is 4.72 Å². The maximum Gasteiger partial charge on any atom is 0.284 e. The highest BCUT2D eigenvalue weighted by Crippen LogP contribution is 2.33. The van der Waals surface area contributed by atoms with Gasteiger partial charge >= 0.3 is 0 Å². The number of carbonyl (C=O) groups is 1. The van der Waals surface area contributed by atoms with Crippen LogP contribution in [-0.4, -0.2) is 16.7 Å². The topological polar surface area (TPSA) is 72.2 Å². The zero-order valence-electron chi connectivity index (χ0n) is 10.5. The van der Waals surface area contributed by atoms with E-state index < -0.39 is 10.5 Å². The summed E-state index contributed by atoms with van der Waals surface area (Å²) in [6, 6.07) is 6.55. The predicted octanol–water partition coefficient (Wildman–Crippen LogP) is 3.09. The molecular formula is C13H16N2O3S. The molecule has 1 saturated carbocycles. The molecule has 1 aromatic carbocycles. The fourth-order valence-electron chi connectivity index (χ4n) is 2.28. The van der Waals surface area contributed by atoms with Gasteiger partial charge < -0.3 is 4.79 Å². The molecule has 1 aromatic rings. The lowest BCUT2D eigenvalue weighted by Gasteiger charge is -2.32. The van der Waals surface area contributed by atoms with E-state index in [4.69, 9.17) is 0 Å². The second kappa shape index (κ2) is 6.16. The van der Waals surface area contributed by atoms with E-state index in [1.54, 1.807) is 18.2 Å². The lowest BCUT2D eigenvalue weighted by molar-refractivity contribution is -0.387. The molecule has 0 spiro atoms. The largest absolute Gasteiger partial charge is 0.301 e. The number of hydrogen-bond donors (Lipinski definition) is 1. The molecule has 1 N–H and O–H groups in total. The Morgan fingerprint density at radius 2 is 1.95 bits per heavy atom. The number of nitro groups is 1. The van der Waals surface area contributed by atoms with Gasteiger partial charge in [-0.3, -0.25) is 10.1 Å². The van der Waals surface area contributed by atoms with Crippen molar-refractivity contribution in [3.63, 3.8) is 0 Å². The van der Waals surface area contributed by atoms with Crippen molar-refractivity contribution in [1.82, 2.24) is 4.72 Å². The summed E-state index contributed by atoms with van der Waals surface area (Å²) in [5.74, 6) is 0. The van der Waals surface area contributed by atoms with Gasteiger partial charge in [0.15, 0.2) is 0 Å². The van der Waals surface area contributed by atoms with Crippen LogP contribution in [0.3, 0.4) is 0 Å². The van der Waals surface area contributed by atoms with Gasteiger partial charge in [-0.05, 0) is 30.9 Å². The molecular weight excluding hydrogens is 264 g/mol. The highest BCUT2D eigenvalue weighted by molar-refractivity contribution is 7.97. The molecule has 102 valence electrons. The van der Waals surface area contributed by atoms with Crippen molar-refractivity contribution in [1.29, 1.82) is 0 Å². The summed E-state index contributed by atoms with van der Waals surface area (Å²) in [5, 5.41) is 10.9. The second-order valence-electron chi connectivity index (χ2n) is 4.76. The number of rotatable bonds is 5. The van der Waals surface area contributed by atoms with Crippen molar-refractivity contribution < 1.29 is 9.72 Å². The Hall–Kier alpha value is -1.40. The van der Waals surface area contributed by atoms with E-state index in [0.717, 1.165) is 38.4 Å². The summed E-state index contributed by atoms with van der Waals surface area (Å²) in [4.78, 5) is 22.4. The predicted molar refractivity (Wildman–Crippen MR) is 74.0 cm³/mol. The van der Waals surface area contributed by atoms with Crippen LogP contribution in [0.15, 0.2) is 29.2 Å². The molecule has 1 fully saturated rings. The maximum atomic E-state index is 11.3. The van der Waals surface area contributed by atoms with Gasteiger partial charge in [-0.15, -0.1) is 0 Å². The first-order chi connectivity index (χ1) is 9.17. The molecule has 2 rings (SSSR count). The minimum absolute atomic E-state index is 0.0665. The van der Waals surface area contributed by atoms with Crippen LogP contribution in [0.1, 0.15) is 32.1 Å². The van der Waals surface area contributed by atoms with E-state index in [1.807, 2.05) is 0 Å². The molecule has 6 heteroatoms. The molecule has 1 aliphatic carbocycles. The Bertz CT molecular complexity index is 473. The van der Waals surface area contributed by atoms with Crippen molar-refractivity contribution in [2.45, 2.75) is 42.5 Å². The van der Waals surface area contributed by atoms with Crippen molar-refractivity contribution in [3.8, 4) is 0 Å². The minimum Gasteiger partial charge on any atom is -0.301 e. The minimum atomic E-state index is -0.535. The van der Waals surface area contributed by atoms with Crippen LogP contribution < -0.4 is 4.72 Å². The maximum absolute atomic E-state index is 11.3. The molecule has 0 radical (unpaired) electrons. The van der Waals surface area contributed by atoms with Gasteiger partial charge in [0.25, 0.3) is 5.69 Å². The van der Waals surface area contributed by atoms with Crippen molar-refractivity contribution >= 4 is 23.9 Å². The van der Waals surface area contributed by atoms with Gasteiger partial charge in [-0.2, -0.15) is 0 Å². The average molecular weight is 280 g/mol. The standard InChI is InChI=1S/C13H16N2O3S/c16-10-13(8-4-1-5-9-13)14-19-12-7-3-2-6-11(12)15(17)18/h2-3,6-7,10,14H,1,4-5,8-9H2. The van der Waals surface area contributed by atoms with Crippen LogP contribution in [0.4, 0.5) is 5.69 Å². The van der Waals surface area contributed by atoms with Gasteiger partial charge in [0.2, 0.25) is 0 Å². The molecule has 0 saturated heterocycles. The Morgan fingerprint density at radius 3 is 2.58 bits per heavy atom. The number of carbonyl (C=O) groups excluding carboxylic acids is 1. The van der Waals surface area contributed by atoms with E-state index in [9.17, 15) is 14.9 Å². The number of hydrogen-bond acceptors (Lipinski definition) is 5. The molecule has 5 nitrogen and oxygen atoms in total. The van der Waals surface area contributed by atoms with Crippen LogP contribution in [-0.2, 0) is 4.79 Å². The number of nitro benzene ring substituents is 1. The van der Waals surface area contributed by atoms with Crippen LogP contribution in [0.2, 0.25) is 0 Å². The lowest BCUT2D eigenvalue weighted by atomic mass is 9.84. The fourth-order valence-corrected chi connectivity index (χ4v) is 3.24. The summed E-state index contributed by atoms with van der Waals surface area (Å²) in [6.07, 6.45) is 5.72. The third-order valence-corrected chi connectivity index (χ3v) is 4.47. The normalized spacial score (nSPS) is 17.9. The Kier molecular flexibility index (Phi) is 4.55. The SMILES string of the molecule is O=CC1(NSc2ccccc2[N+](=O)[O-])CCCCC1. The van der Waals surface area contributed by atoms with Crippen molar-refractivity contribution in [3.05, 3.63) is 34.4 Å². The number of para-hydroxylation sites is 1. The van der Waals surface area contributed by atoms with E-state index in [0.29, 0.717) is 4.90 Å². The van der Waals surface area contributed by atoms with E-state index in [-0.39, 0.29) is 5.69 Å². The smallest absolute Gasteiger partial charge is 0.284 e. The number of aldehydes is 1. The first-order valence-electron chi connectivity index (χ1n) is 6.31. The third-order valence-electron chi connectivity index (χ3n) is 3.40.